The third-order valence-corrected chi connectivity index (χ3v) is 2.48. The second-order valence-corrected chi connectivity index (χ2v) is 3.94. The van der Waals surface area contributed by atoms with Gasteiger partial charge in [-0.25, -0.2) is 22.9 Å². The molecule has 2 N–H and O–H groups in total. The molecule has 1 amide bonds. The number of pyridine rings is 1. The van der Waals surface area contributed by atoms with Gasteiger partial charge in [0.1, 0.15) is 11.5 Å². The molecule has 0 aliphatic heterocycles. The number of benzene rings is 1. The lowest BCUT2D eigenvalue weighted by Crippen LogP contribution is -2.15. The van der Waals surface area contributed by atoms with Gasteiger partial charge in [-0.1, -0.05) is 0 Å². The summed E-state index contributed by atoms with van der Waals surface area (Å²) < 4.78 is 39.4. The van der Waals surface area contributed by atoms with Crippen LogP contribution in [0.3, 0.4) is 0 Å². The number of amides is 1. The van der Waals surface area contributed by atoms with Crippen LogP contribution in [0.1, 0.15) is 20.8 Å². The molecule has 0 aliphatic rings. The van der Waals surface area contributed by atoms with Crippen molar-refractivity contribution in [3.63, 3.8) is 0 Å². The maximum absolute atomic E-state index is 13.4. The van der Waals surface area contributed by atoms with E-state index in [1.54, 1.807) is 0 Å². The van der Waals surface area contributed by atoms with E-state index in [4.69, 9.17) is 5.11 Å². The van der Waals surface area contributed by atoms with Crippen molar-refractivity contribution in [1.82, 2.24) is 4.98 Å². The highest BCUT2D eigenvalue weighted by atomic mass is 19.2. The lowest BCUT2D eigenvalue weighted by molar-refractivity contribution is 0.0690. The summed E-state index contributed by atoms with van der Waals surface area (Å²) in [5, 5.41) is 10.7. The van der Waals surface area contributed by atoms with Crippen molar-refractivity contribution >= 4 is 17.6 Å². The Morgan fingerprint density at radius 2 is 1.86 bits per heavy atom. The average Bonchev–Trinajstić information content (AvgIpc) is 2.44. The number of carboxylic acid groups (broad SMARTS) is 1. The van der Waals surface area contributed by atoms with Crippen LogP contribution in [0.15, 0.2) is 30.5 Å². The van der Waals surface area contributed by atoms with E-state index in [0.717, 1.165) is 12.3 Å². The molecular formula is C13H7F3N2O3. The second-order valence-electron chi connectivity index (χ2n) is 3.94. The number of carboxylic acids is 1. The third kappa shape index (κ3) is 3.16. The van der Waals surface area contributed by atoms with Gasteiger partial charge in [0.05, 0.1) is 5.69 Å². The first-order valence-corrected chi connectivity index (χ1v) is 5.53. The number of nitrogens with one attached hydrogen (secondary N) is 1. The minimum Gasteiger partial charge on any atom is -0.477 e. The second kappa shape index (κ2) is 5.61. The van der Waals surface area contributed by atoms with Crippen molar-refractivity contribution in [1.29, 1.82) is 0 Å². The Bertz CT molecular complexity index is 735. The lowest BCUT2D eigenvalue weighted by atomic mass is 10.2. The van der Waals surface area contributed by atoms with Gasteiger partial charge in [-0.3, -0.25) is 4.79 Å². The van der Waals surface area contributed by atoms with Crippen molar-refractivity contribution in [3.8, 4) is 0 Å². The molecule has 0 saturated heterocycles. The molecular weight excluding hydrogens is 289 g/mol. The molecule has 0 spiro atoms. The van der Waals surface area contributed by atoms with Gasteiger partial charge >= 0.3 is 5.97 Å². The van der Waals surface area contributed by atoms with E-state index in [0.29, 0.717) is 12.1 Å². The fraction of sp³-hybridized carbons (Fsp3) is 0. The lowest BCUT2D eigenvalue weighted by Gasteiger charge is -2.07. The van der Waals surface area contributed by atoms with E-state index >= 15 is 0 Å². The zero-order valence-electron chi connectivity index (χ0n) is 10.2. The molecule has 0 fully saturated rings. The minimum atomic E-state index is -1.45. The van der Waals surface area contributed by atoms with Crippen LogP contribution in [0.4, 0.5) is 18.9 Å². The van der Waals surface area contributed by atoms with Gasteiger partial charge in [0.15, 0.2) is 11.6 Å². The Hall–Kier alpha value is -2.90. The van der Waals surface area contributed by atoms with Crippen LogP contribution in [0.5, 0.6) is 0 Å². The van der Waals surface area contributed by atoms with Crippen molar-refractivity contribution in [3.05, 3.63) is 59.2 Å². The first kappa shape index (κ1) is 14.5. The van der Waals surface area contributed by atoms with Gasteiger partial charge in [-0.15, -0.1) is 0 Å². The largest absolute Gasteiger partial charge is 0.477 e. The number of carbonyl (C=O) groups excluding carboxylic acids is 1. The monoisotopic (exact) mass is 296 g/mol. The zero-order chi connectivity index (χ0) is 15.6. The molecule has 2 aromatic rings. The number of aromatic nitrogens is 1. The average molecular weight is 296 g/mol. The number of rotatable bonds is 3. The van der Waals surface area contributed by atoms with E-state index in [2.05, 4.69) is 4.98 Å². The quantitative estimate of drug-likeness (QED) is 0.853. The molecule has 0 aliphatic carbocycles. The molecule has 1 aromatic carbocycles. The molecule has 0 saturated carbocycles. The van der Waals surface area contributed by atoms with Gasteiger partial charge in [-0.05, 0) is 12.1 Å². The summed E-state index contributed by atoms with van der Waals surface area (Å²) in [4.78, 5) is 26.0. The van der Waals surface area contributed by atoms with Crippen molar-refractivity contribution in [2.75, 3.05) is 5.32 Å². The molecule has 0 atom stereocenters. The van der Waals surface area contributed by atoms with Gasteiger partial charge in [0, 0.05) is 23.9 Å². The summed E-state index contributed by atoms with van der Waals surface area (Å²) in [7, 11) is 0. The highest BCUT2D eigenvalue weighted by Crippen LogP contribution is 2.20. The predicted octanol–water partition coefficient (Wildman–Crippen LogP) is 2.45. The Balaban J connectivity index is 2.30. The van der Waals surface area contributed by atoms with E-state index in [1.165, 1.54) is 6.07 Å². The molecule has 2 rings (SSSR count). The van der Waals surface area contributed by atoms with E-state index in [-0.39, 0.29) is 5.56 Å². The van der Waals surface area contributed by atoms with Crippen LogP contribution >= 0.6 is 0 Å². The van der Waals surface area contributed by atoms with Crippen LogP contribution in [-0.4, -0.2) is 22.0 Å². The fourth-order valence-electron chi connectivity index (χ4n) is 1.53. The number of nitrogens with zero attached hydrogens (tertiary/aromatic N) is 1. The Morgan fingerprint density at radius 3 is 2.52 bits per heavy atom. The smallest absolute Gasteiger partial charge is 0.354 e. The topological polar surface area (TPSA) is 79.3 Å². The van der Waals surface area contributed by atoms with E-state index < -0.39 is 40.7 Å². The van der Waals surface area contributed by atoms with Crippen molar-refractivity contribution in [2.45, 2.75) is 0 Å². The Morgan fingerprint density at radius 1 is 1.14 bits per heavy atom. The van der Waals surface area contributed by atoms with Crippen LogP contribution in [0, 0.1) is 17.5 Å². The SMILES string of the molecule is O=C(Nc1cc(F)cc(F)c1F)c1ccnc(C(=O)O)c1. The molecule has 0 bridgehead atoms. The van der Waals surface area contributed by atoms with Gasteiger partial charge in [0.25, 0.3) is 5.91 Å². The molecule has 0 radical (unpaired) electrons. The van der Waals surface area contributed by atoms with Crippen LogP contribution in [-0.2, 0) is 0 Å². The molecule has 1 aromatic heterocycles. The van der Waals surface area contributed by atoms with Crippen molar-refractivity contribution < 1.29 is 27.9 Å². The highest BCUT2D eigenvalue weighted by Gasteiger charge is 2.16. The van der Waals surface area contributed by atoms with Crippen LogP contribution in [0.2, 0.25) is 0 Å². The minimum absolute atomic E-state index is 0.147. The molecule has 108 valence electrons. The number of aromatic carboxylic acids is 1. The third-order valence-electron chi connectivity index (χ3n) is 2.48. The summed E-state index contributed by atoms with van der Waals surface area (Å²) in [6.07, 6.45) is 1.07. The van der Waals surface area contributed by atoms with Gasteiger partial charge < -0.3 is 10.4 Å². The summed E-state index contributed by atoms with van der Waals surface area (Å²) in [5.41, 5.74) is -1.23. The number of hydrogen-bond acceptors (Lipinski definition) is 3. The summed E-state index contributed by atoms with van der Waals surface area (Å²) in [6, 6.07) is 3.07. The van der Waals surface area contributed by atoms with E-state index in [9.17, 15) is 22.8 Å². The molecule has 8 heteroatoms. The normalized spacial score (nSPS) is 10.2. The Labute approximate surface area is 116 Å². The fourth-order valence-corrected chi connectivity index (χ4v) is 1.53. The number of carbonyl (C=O) groups is 2. The number of hydrogen-bond donors (Lipinski definition) is 2. The number of halogens is 3. The van der Waals surface area contributed by atoms with Gasteiger partial charge in [0.2, 0.25) is 0 Å². The van der Waals surface area contributed by atoms with Crippen LogP contribution in [0.25, 0.3) is 0 Å². The zero-order valence-corrected chi connectivity index (χ0v) is 10.2. The first-order chi connectivity index (χ1) is 9.88. The molecule has 21 heavy (non-hydrogen) atoms. The van der Waals surface area contributed by atoms with Crippen molar-refractivity contribution in [2.24, 2.45) is 0 Å². The summed E-state index contributed by atoms with van der Waals surface area (Å²) in [6.45, 7) is 0. The predicted molar refractivity (Wildman–Crippen MR) is 65.5 cm³/mol. The molecule has 5 nitrogen and oxygen atoms in total. The van der Waals surface area contributed by atoms with E-state index in [1.807, 2.05) is 5.32 Å². The molecule has 1 heterocycles. The Kier molecular flexibility index (Phi) is 3.88. The first-order valence-electron chi connectivity index (χ1n) is 5.53. The van der Waals surface area contributed by atoms with Gasteiger partial charge in [-0.2, -0.15) is 0 Å². The standard InChI is InChI=1S/C13H7F3N2O3/c14-7-4-8(15)11(16)9(5-7)18-12(19)6-1-2-17-10(3-6)13(20)21/h1-5H,(H,18,19)(H,20,21). The number of anilines is 1. The summed E-state index contributed by atoms with van der Waals surface area (Å²) >= 11 is 0. The summed E-state index contributed by atoms with van der Waals surface area (Å²) in [5.74, 6) is -6.22. The maximum Gasteiger partial charge on any atom is 0.354 e. The van der Waals surface area contributed by atoms with Crippen LogP contribution < -0.4 is 5.32 Å². The molecule has 0 unspecified atom stereocenters. The maximum atomic E-state index is 13.4. The highest BCUT2D eigenvalue weighted by molar-refractivity contribution is 6.05.